The number of hydrogen-bond acceptors (Lipinski definition) is 3. The molecule has 1 rings (SSSR count). The first kappa shape index (κ1) is 15.0. The van der Waals surface area contributed by atoms with Crippen LogP contribution in [0.3, 0.4) is 0 Å². The Morgan fingerprint density at radius 3 is 2.22 bits per heavy atom. The lowest BCUT2D eigenvalue weighted by Crippen LogP contribution is -2.44. The molecule has 0 aromatic carbocycles. The summed E-state index contributed by atoms with van der Waals surface area (Å²) in [5.74, 6) is -1.15. The summed E-state index contributed by atoms with van der Waals surface area (Å²) < 4.78 is 0. The van der Waals surface area contributed by atoms with Crippen molar-refractivity contribution in [2.75, 3.05) is 13.1 Å². The fourth-order valence-electron chi connectivity index (χ4n) is 2.07. The lowest BCUT2D eigenvalue weighted by molar-refractivity contribution is -0.156. The smallest absolute Gasteiger partial charge is 0.310 e. The molecule has 0 spiro atoms. The van der Waals surface area contributed by atoms with Gasteiger partial charge in [-0.05, 0) is 25.7 Å². The molecule has 5 heteroatoms. The van der Waals surface area contributed by atoms with Gasteiger partial charge in [-0.3, -0.25) is 9.59 Å². The van der Waals surface area contributed by atoms with Gasteiger partial charge >= 0.3 is 5.97 Å². The van der Waals surface area contributed by atoms with Crippen LogP contribution < -0.4 is 0 Å². The molecule has 0 aliphatic carbocycles. The maximum atomic E-state index is 12.1. The van der Waals surface area contributed by atoms with Crippen molar-refractivity contribution < 1.29 is 19.8 Å². The number of amides is 1. The van der Waals surface area contributed by atoms with Crippen LogP contribution in [0.4, 0.5) is 0 Å². The van der Waals surface area contributed by atoms with Gasteiger partial charge in [0.1, 0.15) is 0 Å². The molecule has 1 aliphatic rings. The third-order valence-electron chi connectivity index (χ3n) is 4.10. The molecule has 0 saturated carbocycles. The molecule has 0 radical (unpaired) electrons. The number of piperidine rings is 1. The molecule has 18 heavy (non-hydrogen) atoms. The van der Waals surface area contributed by atoms with Crippen LogP contribution in [0.5, 0.6) is 0 Å². The van der Waals surface area contributed by atoms with Crippen LogP contribution in [0, 0.1) is 11.3 Å². The van der Waals surface area contributed by atoms with E-state index in [1.165, 1.54) is 0 Å². The van der Waals surface area contributed by atoms with E-state index in [-0.39, 0.29) is 24.3 Å². The zero-order chi connectivity index (χ0) is 13.9. The van der Waals surface area contributed by atoms with Gasteiger partial charge in [0.2, 0.25) is 5.91 Å². The van der Waals surface area contributed by atoms with Crippen molar-refractivity contribution in [1.82, 2.24) is 4.90 Å². The lowest BCUT2D eigenvalue weighted by atomic mass is 9.76. The second-order valence-electron chi connectivity index (χ2n) is 5.67. The Hall–Kier alpha value is -1.10. The van der Waals surface area contributed by atoms with Crippen LogP contribution in [0.2, 0.25) is 0 Å². The molecular formula is C13H23NO4. The fourth-order valence-corrected chi connectivity index (χ4v) is 2.07. The topological polar surface area (TPSA) is 77.8 Å². The normalized spacial score (nSPS) is 20.8. The summed E-state index contributed by atoms with van der Waals surface area (Å²) in [6.45, 7) is 6.31. The molecule has 5 nitrogen and oxygen atoms in total. The van der Waals surface area contributed by atoms with Crippen LogP contribution in [-0.4, -0.2) is 46.2 Å². The third kappa shape index (κ3) is 3.22. The maximum absolute atomic E-state index is 12.1. The summed E-state index contributed by atoms with van der Waals surface area (Å²) in [7, 11) is 0. The second-order valence-corrected chi connectivity index (χ2v) is 5.67. The van der Waals surface area contributed by atoms with E-state index in [0.717, 1.165) is 0 Å². The summed E-state index contributed by atoms with van der Waals surface area (Å²) >= 11 is 0. The zero-order valence-corrected chi connectivity index (χ0v) is 11.3. The predicted molar refractivity (Wildman–Crippen MR) is 67.0 cm³/mol. The third-order valence-corrected chi connectivity index (χ3v) is 4.10. The first-order valence-corrected chi connectivity index (χ1v) is 6.46. The SMILES string of the molecule is CC(C)C(C)(CC(=O)N1CCC(O)CC1)C(=O)O. The number of hydrogen-bond donors (Lipinski definition) is 2. The molecule has 2 N–H and O–H groups in total. The highest BCUT2D eigenvalue weighted by molar-refractivity contribution is 5.85. The molecule has 1 saturated heterocycles. The van der Waals surface area contributed by atoms with E-state index in [9.17, 15) is 19.8 Å². The number of aliphatic hydroxyl groups is 1. The molecule has 1 fully saturated rings. The Bertz CT molecular complexity index is 321. The number of aliphatic hydroxyl groups excluding tert-OH is 1. The Kier molecular flexibility index (Phi) is 4.73. The van der Waals surface area contributed by atoms with Gasteiger partial charge in [0.15, 0.2) is 0 Å². The standard InChI is InChI=1S/C13H23NO4/c1-9(2)13(3,12(17)18)8-11(16)14-6-4-10(15)5-7-14/h9-10,15H,4-8H2,1-3H3,(H,17,18). The van der Waals surface area contributed by atoms with Crippen LogP contribution in [0.25, 0.3) is 0 Å². The number of carboxylic acids is 1. The molecule has 1 amide bonds. The van der Waals surface area contributed by atoms with Crippen molar-refractivity contribution in [3.63, 3.8) is 0 Å². The Labute approximate surface area is 108 Å². The molecule has 0 aromatic rings. The first-order chi connectivity index (χ1) is 8.27. The van der Waals surface area contributed by atoms with E-state index in [4.69, 9.17) is 0 Å². The fraction of sp³-hybridized carbons (Fsp3) is 0.846. The van der Waals surface area contributed by atoms with Crippen molar-refractivity contribution in [2.24, 2.45) is 11.3 Å². The number of aliphatic carboxylic acids is 1. The Morgan fingerprint density at radius 2 is 1.83 bits per heavy atom. The number of likely N-dealkylation sites (tertiary alicyclic amines) is 1. The minimum atomic E-state index is -1.02. The molecule has 0 aromatic heterocycles. The molecule has 104 valence electrons. The lowest BCUT2D eigenvalue weighted by Gasteiger charge is -2.34. The molecule has 1 heterocycles. The summed E-state index contributed by atoms with van der Waals surface area (Å²) in [6.07, 6.45) is 0.856. The highest BCUT2D eigenvalue weighted by atomic mass is 16.4. The van der Waals surface area contributed by atoms with E-state index in [2.05, 4.69) is 0 Å². The van der Waals surface area contributed by atoms with Gasteiger partial charge in [0, 0.05) is 19.5 Å². The summed E-state index contributed by atoms with van der Waals surface area (Å²) in [4.78, 5) is 25.1. The first-order valence-electron chi connectivity index (χ1n) is 6.46. The van der Waals surface area contributed by atoms with Gasteiger partial charge in [-0.2, -0.15) is 0 Å². The van der Waals surface area contributed by atoms with E-state index in [1.807, 2.05) is 13.8 Å². The van der Waals surface area contributed by atoms with Gasteiger partial charge in [-0.25, -0.2) is 0 Å². The number of nitrogens with zero attached hydrogens (tertiary/aromatic N) is 1. The minimum Gasteiger partial charge on any atom is -0.481 e. The number of carboxylic acid groups (broad SMARTS) is 1. The van der Waals surface area contributed by atoms with Crippen molar-refractivity contribution in [3.05, 3.63) is 0 Å². The van der Waals surface area contributed by atoms with E-state index >= 15 is 0 Å². The molecule has 1 atom stereocenters. The average Bonchev–Trinajstić information content (AvgIpc) is 2.29. The van der Waals surface area contributed by atoms with E-state index in [0.29, 0.717) is 25.9 Å². The molecular weight excluding hydrogens is 234 g/mol. The van der Waals surface area contributed by atoms with Crippen molar-refractivity contribution in [3.8, 4) is 0 Å². The quantitative estimate of drug-likeness (QED) is 0.790. The van der Waals surface area contributed by atoms with Crippen molar-refractivity contribution >= 4 is 11.9 Å². The van der Waals surface area contributed by atoms with Gasteiger partial charge in [-0.15, -0.1) is 0 Å². The highest BCUT2D eigenvalue weighted by Crippen LogP contribution is 2.32. The summed E-state index contributed by atoms with van der Waals surface area (Å²) in [5.41, 5.74) is -1.02. The van der Waals surface area contributed by atoms with Crippen molar-refractivity contribution in [1.29, 1.82) is 0 Å². The monoisotopic (exact) mass is 257 g/mol. The summed E-state index contributed by atoms with van der Waals surface area (Å²) in [6, 6.07) is 0. The Balaban J connectivity index is 2.65. The predicted octanol–water partition coefficient (Wildman–Crippen LogP) is 1.11. The van der Waals surface area contributed by atoms with Gasteiger partial charge in [-0.1, -0.05) is 13.8 Å². The highest BCUT2D eigenvalue weighted by Gasteiger charge is 2.40. The maximum Gasteiger partial charge on any atom is 0.310 e. The largest absolute Gasteiger partial charge is 0.481 e. The average molecular weight is 257 g/mol. The summed E-state index contributed by atoms with van der Waals surface area (Å²) in [5, 5.41) is 18.7. The van der Waals surface area contributed by atoms with E-state index < -0.39 is 11.4 Å². The zero-order valence-electron chi connectivity index (χ0n) is 11.3. The van der Waals surface area contributed by atoms with Crippen LogP contribution in [0.1, 0.15) is 40.0 Å². The van der Waals surface area contributed by atoms with E-state index in [1.54, 1.807) is 11.8 Å². The van der Waals surface area contributed by atoms with Gasteiger partial charge in [0.05, 0.1) is 11.5 Å². The number of carbonyl (C=O) groups is 2. The molecule has 1 unspecified atom stereocenters. The number of carbonyl (C=O) groups excluding carboxylic acids is 1. The second kappa shape index (κ2) is 5.69. The van der Waals surface area contributed by atoms with Crippen molar-refractivity contribution in [2.45, 2.75) is 46.1 Å². The minimum absolute atomic E-state index is 0.0239. The van der Waals surface area contributed by atoms with Crippen LogP contribution in [-0.2, 0) is 9.59 Å². The molecule has 0 bridgehead atoms. The number of rotatable bonds is 4. The van der Waals surface area contributed by atoms with Gasteiger partial charge < -0.3 is 15.1 Å². The Morgan fingerprint density at radius 1 is 1.33 bits per heavy atom. The van der Waals surface area contributed by atoms with Crippen LogP contribution >= 0.6 is 0 Å². The molecule has 1 aliphatic heterocycles. The van der Waals surface area contributed by atoms with Crippen LogP contribution in [0.15, 0.2) is 0 Å². The van der Waals surface area contributed by atoms with Gasteiger partial charge in [0.25, 0.3) is 0 Å².